The summed E-state index contributed by atoms with van der Waals surface area (Å²) in [6.45, 7) is 0.371. The van der Waals surface area contributed by atoms with Crippen LogP contribution in [0.3, 0.4) is 0 Å². The second-order valence-electron chi connectivity index (χ2n) is 5.03. The van der Waals surface area contributed by atoms with Crippen molar-refractivity contribution in [3.05, 3.63) is 0 Å². The summed E-state index contributed by atoms with van der Waals surface area (Å²) < 4.78 is 37.0. The largest absolute Gasteiger partial charge is 0.401 e. The highest BCUT2D eigenvalue weighted by Gasteiger charge is 2.31. The normalized spacial score (nSPS) is 22.7. The molecule has 6 heteroatoms. The molecule has 1 N–H and O–H groups in total. The summed E-state index contributed by atoms with van der Waals surface area (Å²) in [5.74, 6) is 0. The Kier molecular flexibility index (Phi) is 6.38. The lowest BCUT2D eigenvalue weighted by Crippen LogP contribution is -2.42. The zero-order chi connectivity index (χ0) is 13.6. The average Bonchev–Trinajstić information content (AvgIpc) is 2.26. The molecule has 1 atom stereocenters. The lowest BCUT2D eigenvalue weighted by Gasteiger charge is -2.34. The fourth-order valence-electron chi connectivity index (χ4n) is 2.51. The van der Waals surface area contributed by atoms with Gasteiger partial charge in [0.1, 0.15) is 0 Å². The number of hydrogen-bond donors (Lipinski definition) is 1. The van der Waals surface area contributed by atoms with E-state index in [-0.39, 0.29) is 13.2 Å². The first-order chi connectivity index (χ1) is 8.42. The number of piperidine rings is 1. The maximum Gasteiger partial charge on any atom is 0.401 e. The van der Waals surface area contributed by atoms with Crippen LogP contribution in [0.2, 0.25) is 0 Å². The fourth-order valence-corrected chi connectivity index (χ4v) is 2.51. The summed E-state index contributed by atoms with van der Waals surface area (Å²) in [7, 11) is 2.03. The van der Waals surface area contributed by atoms with E-state index in [0.29, 0.717) is 12.6 Å². The first-order valence-electron chi connectivity index (χ1n) is 6.52. The van der Waals surface area contributed by atoms with Gasteiger partial charge in [0, 0.05) is 19.1 Å². The molecule has 108 valence electrons. The molecule has 0 amide bonds. The molecule has 0 spiro atoms. The summed E-state index contributed by atoms with van der Waals surface area (Å²) in [4.78, 5) is 3.52. The van der Waals surface area contributed by atoms with Gasteiger partial charge >= 0.3 is 6.18 Å². The maximum absolute atomic E-state index is 12.3. The second-order valence-corrected chi connectivity index (χ2v) is 5.03. The highest BCUT2D eigenvalue weighted by Crippen LogP contribution is 2.20. The zero-order valence-electron chi connectivity index (χ0n) is 10.9. The van der Waals surface area contributed by atoms with Gasteiger partial charge in [-0.2, -0.15) is 13.2 Å². The molecule has 0 aromatic carbocycles. The molecule has 1 unspecified atom stereocenters. The molecule has 0 saturated carbocycles. The van der Waals surface area contributed by atoms with Crippen molar-refractivity contribution in [2.75, 3.05) is 39.8 Å². The van der Waals surface area contributed by atoms with Gasteiger partial charge in [0.25, 0.3) is 0 Å². The Labute approximate surface area is 107 Å². The number of hydrogen-bond acceptors (Lipinski definition) is 3. The van der Waals surface area contributed by atoms with E-state index in [1.807, 2.05) is 7.05 Å². The van der Waals surface area contributed by atoms with Crippen LogP contribution in [0.25, 0.3) is 0 Å². The Morgan fingerprint density at radius 3 is 2.56 bits per heavy atom. The van der Waals surface area contributed by atoms with Crippen LogP contribution in [0.5, 0.6) is 0 Å². The molecule has 1 aliphatic heterocycles. The SMILES string of the molecule is CN1CCCCC1CCN(CCO)CC(F)(F)F. The number of likely N-dealkylation sites (tertiary alicyclic amines) is 1. The van der Waals surface area contributed by atoms with Crippen molar-refractivity contribution in [2.45, 2.75) is 37.9 Å². The third-order valence-corrected chi connectivity index (χ3v) is 3.52. The molecule has 18 heavy (non-hydrogen) atoms. The Morgan fingerprint density at radius 2 is 2.00 bits per heavy atom. The summed E-state index contributed by atoms with van der Waals surface area (Å²) >= 11 is 0. The second kappa shape index (κ2) is 7.31. The lowest BCUT2D eigenvalue weighted by atomic mass is 10.00. The van der Waals surface area contributed by atoms with E-state index < -0.39 is 12.7 Å². The minimum Gasteiger partial charge on any atom is -0.395 e. The molecule has 1 saturated heterocycles. The number of alkyl halides is 3. The van der Waals surface area contributed by atoms with Crippen molar-refractivity contribution < 1.29 is 18.3 Å². The predicted octanol–water partition coefficient (Wildman–Crippen LogP) is 1.72. The topological polar surface area (TPSA) is 26.7 Å². The van der Waals surface area contributed by atoms with E-state index in [1.165, 1.54) is 11.3 Å². The quantitative estimate of drug-likeness (QED) is 0.794. The summed E-state index contributed by atoms with van der Waals surface area (Å²) in [6.07, 6.45) is -0.0418. The highest BCUT2D eigenvalue weighted by atomic mass is 19.4. The summed E-state index contributed by atoms with van der Waals surface area (Å²) in [6, 6.07) is 0.383. The van der Waals surface area contributed by atoms with Gasteiger partial charge in [-0.1, -0.05) is 6.42 Å². The highest BCUT2D eigenvalue weighted by molar-refractivity contribution is 4.76. The van der Waals surface area contributed by atoms with Gasteiger partial charge in [-0.15, -0.1) is 0 Å². The van der Waals surface area contributed by atoms with Crippen LogP contribution in [-0.4, -0.2) is 67.0 Å². The standard InChI is InChI=1S/C12H23F3N2O/c1-16-6-3-2-4-11(16)5-7-17(8-9-18)10-12(13,14)15/h11,18H,2-10H2,1H3. The van der Waals surface area contributed by atoms with E-state index >= 15 is 0 Å². The molecular formula is C12H23F3N2O. The minimum absolute atomic E-state index is 0.0932. The first kappa shape index (κ1) is 15.7. The Hall–Kier alpha value is -0.330. The Balaban J connectivity index is 2.36. The van der Waals surface area contributed by atoms with E-state index in [9.17, 15) is 13.2 Å². The van der Waals surface area contributed by atoms with Crippen molar-refractivity contribution in [1.82, 2.24) is 9.80 Å². The smallest absolute Gasteiger partial charge is 0.395 e. The fraction of sp³-hybridized carbons (Fsp3) is 1.00. The lowest BCUT2D eigenvalue weighted by molar-refractivity contribution is -0.147. The molecule has 0 radical (unpaired) electrons. The summed E-state index contributed by atoms with van der Waals surface area (Å²) in [5, 5.41) is 8.80. The number of nitrogens with zero attached hydrogens (tertiary/aromatic N) is 2. The van der Waals surface area contributed by atoms with Crippen molar-refractivity contribution in [3.63, 3.8) is 0 Å². The van der Waals surface area contributed by atoms with Gasteiger partial charge in [0.05, 0.1) is 13.2 Å². The number of rotatable bonds is 6. The minimum atomic E-state index is -4.19. The first-order valence-corrected chi connectivity index (χ1v) is 6.52. The summed E-state index contributed by atoms with van der Waals surface area (Å²) in [5.41, 5.74) is 0. The Morgan fingerprint density at radius 1 is 1.28 bits per heavy atom. The van der Waals surface area contributed by atoms with Crippen molar-refractivity contribution >= 4 is 0 Å². The molecule has 0 bridgehead atoms. The monoisotopic (exact) mass is 268 g/mol. The van der Waals surface area contributed by atoms with Gasteiger partial charge in [0.2, 0.25) is 0 Å². The number of halogens is 3. The van der Waals surface area contributed by atoms with Crippen LogP contribution in [0.1, 0.15) is 25.7 Å². The van der Waals surface area contributed by atoms with E-state index in [4.69, 9.17) is 5.11 Å². The molecule has 1 heterocycles. The predicted molar refractivity (Wildman–Crippen MR) is 64.5 cm³/mol. The number of aliphatic hydroxyl groups excluding tert-OH is 1. The Bertz CT molecular complexity index is 236. The van der Waals surface area contributed by atoms with Crippen LogP contribution in [0, 0.1) is 0 Å². The van der Waals surface area contributed by atoms with Crippen LogP contribution in [-0.2, 0) is 0 Å². The maximum atomic E-state index is 12.3. The molecule has 1 aliphatic rings. The third-order valence-electron chi connectivity index (χ3n) is 3.52. The molecule has 0 aromatic rings. The van der Waals surface area contributed by atoms with Crippen molar-refractivity contribution in [2.24, 2.45) is 0 Å². The molecule has 1 rings (SSSR count). The molecule has 0 aromatic heterocycles. The molecule has 1 fully saturated rings. The third kappa shape index (κ3) is 6.02. The van der Waals surface area contributed by atoms with Gasteiger partial charge in [-0.3, -0.25) is 4.90 Å². The van der Waals surface area contributed by atoms with E-state index in [2.05, 4.69) is 4.90 Å². The van der Waals surface area contributed by atoms with Gasteiger partial charge in [0.15, 0.2) is 0 Å². The van der Waals surface area contributed by atoms with Crippen molar-refractivity contribution in [3.8, 4) is 0 Å². The average molecular weight is 268 g/mol. The van der Waals surface area contributed by atoms with Gasteiger partial charge < -0.3 is 10.0 Å². The number of aliphatic hydroxyl groups is 1. The molecular weight excluding hydrogens is 245 g/mol. The molecule has 0 aliphatic carbocycles. The van der Waals surface area contributed by atoms with Crippen molar-refractivity contribution in [1.29, 1.82) is 0 Å². The zero-order valence-corrected chi connectivity index (χ0v) is 10.9. The van der Waals surface area contributed by atoms with Crippen LogP contribution in [0.15, 0.2) is 0 Å². The van der Waals surface area contributed by atoms with Gasteiger partial charge in [-0.25, -0.2) is 0 Å². The van der Waals surface area contributed by atoms with E-state index in [0.717, 1.165) is 25.8 Å². The van der Waals surface area contributed by atoms with E-state index in [1.54, 1.807) is 0 Å². The van der Waals surface area contributed by atoms with Crippen LogP contribution in [0.4, 0.5) is 13.2 Å². The van der Waals surface area contributed by atoms with Crippen LogP contribution >= 0.6 is 0 Å². The molecule has 3 nitrogen and oxygen atoms in total. The van der Waals surface area contributed by atoms with Crippen LogP contribution < -0.4 is 0 Å². The van der Waals surface area contributed by atoms with Gasteiger partial charge in [-0.05, 0) is 32.9 Å².